The maximum atomic E-state index is 13.3. The molecule has 1 saturated heterocycles. The van der Waals surface area contributed by atoms with Crippen LogP contribution in [0.3, 0.4) is 0 Å². The lowest BCUT2D eigenvalue weighted by Crippen LogP contribution is -2.51. The van der Waals surface area contributed by atoms with Gasteiger partial charge >= 0.3 is 0 Å². The fourth-order valence-corrected chi connectivity index (χ4v) is 7.20. The number of phenolic OH excluding ortho intramolecular Hbond substituents is 1. The highest BCUT2D eigenvalue weighted by atomic mass is 16.7. The normalized spacial score (nSPS) is 32.4. The molecule has 0 radical (unpaired) electrons. The third kappa shape index (κ3) is 2.80. The molecule has 168 valence electrons. The monoisotopic (exact) mass is 434 g/mol. The number of aromatic hydroxyl groups is 1. The Hall–Kier alpha value is -2.37. The summed E-state index contributed by atoms with van der Waals surface area (Å²) in [5, 5.41) is 11.0. The fraction of sp³-hybridized carbons (Fsp3) is 0.519. The molecule has 6 rings (SSSR count). The van der Waals surface area contributed by atoms with Crippen LogP contribution in [0.25, 0.3) is 0 Å². The second-order valence-corrected chi connectivity index (χ2v) is 10.1. The molecule has 5 heteroatoms. The Morgan fingerprint density at radius 1 is 1.06 bits per heavy atom. The van der Waals surface area contributed by atoms with E-state index < -0.39 is 5.79 Å². The van der Waals surface area contributed by atoms with Crippen molar-refractivity contribution in [1.82, 2.24) is 0 Å². The molecule has 1 aliphatic heterocycles. The van der Waals surface area contributed by atoms with E-state index in [1.807, 2.05) is 42.5 Å². The fourth-order valence-electron chi connectivity index (χ4n) is 7.20. The van der Waals surface area contributed by atoms with Gasteiger partial charge in [-0.1, -0.05) is 43.3 Å². The Bertz CT molecular complexity index is 1040. The number of phenols is 1. The molecule has 3 fully saturated rings. The average Bonchev–Trinajstić information content (AvgIpc) is 3.40. The summed E-state index contributed by atoms with van der Waals surface area (Å²) in [7, 11) is 0. The van der Waals surface area contributed by atoms with Crippen molar-refractivity contribution in [3.8, 4) is 11.5 Å². The van der Waals surface area contributed by atoms with Gasteiger partial charge in [0.25, 0.3) is 0 Å². The van der Waals surface area contributed by atoms with Crippen LogP contribution < -0.4 is 4.74 Å². The summed E-state index contributed by atoms with van der Waals surface area (Å²) >= 11 is 0. The maximum Gasteiger partial charge on any atom is 0.174 e. The molecule has 3 aliphatic carbocycles. The molecule has 0 bridgehead atoms. The van der Waals surface area contributed by atoms with E-state index in [0.29, 0.717) is 43.5 Å². The Balaban J connectivity index is 1.29. The lowest BCUT2D eigenvalue weighted by molar-refractivity contribution is -0.236. The van der Waals surface area contributed by atoms with Gasteiger partial charge in [0.15, 0.2) is 23.1 Å². The van der Waals surface area contributed by atoms with Crippen LogP contribution in [0.2, 0.25) is 0 Å². The van der Waals surface area contributed by atoms with Gasteiger partial charge in [0.05, 0.1) is 18.8 Å². The van der Waals surface area contributed by atoms with E-state index in [9.17, 15) is 9.90 Å². The smallest absolute Gasteiger partial charge is 0.174 e. The molecule has 2 saturated carbocycles. The summed E-state index contributed by atoms with van der Waals surface area (Å²) in [5.41, 5.74) is 2.44. The number of hydrogen-bond donors (Lipinski definition) is 1. The van der Waals surface area contributed by atoms with Gasteiger partial charge in [-0.05, 0) is 54.2 Å². The van der Waals surface area contributed by atoms with Crippen LogP contribution in [0.4, 0.5) is 0 Å². The SMILES string of the molecule is C[C@]12CC[C@@H]3c4ccc(OCc5ccccc5)c(O)c4C(=O)C[C@H]3[C@@H]1CCC21OCCO1. The molecule has 1 spiro atoms. The predicted octanol–water partition coefficient (Wildman–Crippen LogP) is 5.21. The Morgan fingerprint density at radius 3 is 2.62 bits per heavy atom. The van der Waals surface area contributed by atoms with Gasteiger partial charge < -0.3 is 19.3 Å². The van der Waals surface area contributed by atoms with Gasteiger partial charge in [-0.25, -0.2) is 0 Å². The van der Waals surface area contributed by atoms with Crippen molar-refractivity contribution >= 4 is 5.78 Å². The summed E-state index contributed by atoms with van der Waals surface area (Å²) in [5.74, 6) is 0.898. The summed E-state index contributed by atoms with van der Waals surface area (Å²) in [6.45, 7) is 4.00. The van der Waals surface area contributed by atoms with Gasteiger partial charge in [0.1, 0.15) is 6.61 Å². The quantitative estimate of drug-likeness (QED) is 0.718. The first-order valence-electron chi connectivity index (χ1n) is 11.9. The van der Waals surface area contributed by atoms with Crippen LogP contribution >= 0.6 is 0 Å². The first kappa shape index (κ1) is 20.3. The molecule has 1 N–H and O–H groups in total. The minimum absolute atomic E-state index is 0.000526. The zero-order chi connectivity index (χ0) is 21.9. The van der Waals surface area contributed by atoms with Gasteiger partial charge in [-0.3, -0.25) is 4.79 Å². The largest absolute Gasteiger partial charge is 0.504 e. The summed E-state index contributed by atoms with van der Waals surface area (Å²) < 4.78 is 18.3. The standard InChI is InChI=1S/C27H30O5/c1-26-11-9-18-19-7-8-23(30-16-17-5-3-2-4-6-17)25(29)24(19)22(28)15-20(18)21(26)10-12-27(26)31-13-14-32-27/h2-8,18,20-21,29H,9-16H2,1H3/t18-,20-,21+,26+/m1/s1. The second-order valence-electron chi connectivity index (χ2n) is 10.1. The minimum atomic E-state index is -0.469. The van der Waals surface area contributed by atoms with Crippen LogP contribution in [-0.2, 0) is 16.1 Å². The molecular weight excluding hydrogens is 404 g/mol. The Kier molecular flexibility index (Phi) is 4.63. The summed E-state index contributed by atoms with van der Waals surface area (Å²) in [6, 6.07) is 13.7. The van der Waals surface area contributed by atoms with E-state index in [1.165, 1.54) is 0 Å². The molecule has 2 aromatic rings. The molecule has 1 heterocycles. The Morgan fingerprint density at radius 2 is 1.84 bits per heavy atom. The van der Waals surface area contributed by atoms with Crippen molar-refractivity contribution in [2.75, 3.05) is 13.2 Å². The minimum Gasteiger partial charge on any atom is -0.504 e. The molecule has 0 aromatic heterocycles. The highest BCUT2D eigenvalue weighted by Crippen LogP contribution is 2.66. The lowest BCUT2D eigenvalue weighted by Gasteiger charge is -2.52. The third-order valence-electron chi connectivity index (χ3n) is 8.74. The number of Topliss-reactive ketones (excluding diaryl/α,β-unsaturated/α-hetero) is 1. The van der Waals surface area contributed by atoms with Crippen LogP contribution in [0, 0.1) is 17.3 Å². The number of benzene rings is 2. The highest BCUT2D eigenvalue weighted by Gasteiger charge is 2.65. The number of rotatable bonds is 3. The van der Waals surface area contributed by atoms with Crippen LogP contribution in [-0.4, -0.2) is 29.9 Å². The van der Waals surface area contributed by atoms with Crippen molar-refractivity contribution in [3.63, 3.8) is 0 Å². The third-order valence-corrected chi connectivity index (χ3v) is 8.74. The van der Waals surface area contributed by atoms with Crippen molar-refractivity contribution in [1.29, 1.82) is 0 Å². The predicted molar refractivity (Wildman–Crippen MR) is 119 cm³/mol. The van der Waals surface area contributed by atoms with E-state index in [4.69, 9.17) is 14.2 Å². The topological polar surface area (TPSA) is 65.0 Å². The molecule has 4 aliphatic rings. The van der Waals surface area contributed by atoms with Crippen molar-refractivity contribution < 1.29 is 24.1 Å². The molecule has 2 aromatic carbocycles. The molecule has 5 nitrogen and oxygen atoms in total. The first-order valence-corrected chi connectivity index (χ1v) is 11.9. The highest BCUT2D eigenvalue weighted by molar-refractivity contribution is 6.02. The van der Waals surface area contributed by atoms with Crippen molar-refractivity contribution in [2.24, 2.45) is 17.3 Å². The number of ether oxygens (including phenoxy) is 3. The number of carbonyl (C=O) groups is 1. The van der Waals surface area contributed by atoms with Gasteiger partial charge in [0, 0.05) is 18.3 Å². The molecule has 32 heavy (non-hydrogen) atoms. The van der Waals surface area contributed by atoms with Gasteiger partial charge in [0.2, 0.25) is 0 Å². The number of carbonyl (C=O) groups excluding carboxylic acids is 1. The zero-order valence-corrected chi connectivity index (χ0v) is 18.5. The molecule has 4 atom stereocenters. The van der Waals surface area contributed by atoms with Crippen LogP contribution in [0.1, 0.15) is 66.4 Å². The zero-order valence-electron chi connectivity index (χ0n) is 18.5. The van der Waals surface area contributed by atoms with Crippen molar-refractivity contribution in [2.45, 2.75) is 57.3 Å². The molecular formula is C27H30O5. The van der Waals surface area contributed by atoms with Gasteiger partial charge in [-0.2, -0.15) is 0 Å². The summed E-state index contributed by atoms with van der Waals surface area (Å²) in [4.78, 5) is 13.3. The van der Waals surface area contributed by atoms with E-state index >= 15 is 0 Å². The lowest BCUT2D eigenvalue weighted by atomic mass is 9.54. The van der Waals surface area contributed by atoms with Gasteiger partial charge in [-0.15, -0.1) is 0 Å². The number of hydrogen-bond acceptors (Lipinski definition) is 5. The maximum absolute atomic E-state index is 13.3. The number of fused-ring (bicyclic) bond motifs is 6. The molecule has 0 amide bonds. The van der Waals surface area contributed by atoms with Crippen molar-refractivity contribution in [3.05, 3.63) is 59.2 Å². The first-order chi connectivity index (χ1) is 15.5. The van der Waals surface area contributed by atoms with Crippen LogP contribution in [0.5, 0.6) is 11.5 Å². The van der Waals surface area contributed by atoms with E-state index in [2.05, 4.69) is 6.92 Å². The number of ketones is 1. The van der Waals surface area contributed by atoms with Crippen LogP contribution in [0.15, 0.2) is 42.5 Å². The van der Waals surface area contributed by atoms with E-state index in [0.717, 1.165) is 36.8 Å². The second kappa shape index (κ2) is 7.32. The van der Waals surface area contributed by atoms with E-state index in [1.54, 1.807) is 0 Å². The average molecular weight is 435 g/mol. The van der Waals surface area contributed by atoms with E-state index in [-0.39, 0.29) is 28.8 Å². The molecule has 0 unspecified atom stereocenters. The summed E-state index contributed by atoms with van der Waals surface area (Å²) in [6.07, 6.45) is 4.42. The Labute approximate surface area is 188 Å².